The van der Waals surface area contributed by atoms with Crippen LogP contribution in [0, 0.1) is 0 Å². The highest BCUT2D eigenvalue weighted by atomic mass is 32.1. The number of hydrogen-bond donors (Lipinski definition) is 1. The number of benzene rings is 2. The summed E-state index contributed by atoms with van der Waals surface area (Å²) in [6.45, 7) is 0.564. The molecule has 2 aromatic carbocycles. The summed E-state index contributed by atoms with van der Waals surface area (Å²) in [4.78, 5) is 31.5. The van der Waals surface area contributed by atoms with Gasteiger partial charge in [0.25, 0.3) is 5.91 Å². The van der Waals surface area contributed by atoms with Gasteiger partial charge in [-0.2, -0.15) is 0 Å². The summed E-state index contributed by atoms with van der Waals surface area (Å²) >= 11 is 1.37. The normalized spacial score (nSPS) is 15.9. The summed E-state index contributed by atoms with van der Waals surface area (Å²) in [6.07, 6.45) is 1.44. The summed E-state index contributed by atoms with van der Waals surface area (Å²) in [7, 11) is 1.63. The fourth-order valence-electron chi connectivity index (χ4n) is 3.58. The average Bonchev–Trinajstić information content (AvgIpc) is 3.46. The summed E-state index contributed by atoms with van der Waals surface area (Å²) in [5, 5.41) is 4.74. The molecule has 2 amide bonds. The fourth-order valence-corrected chi connectivity index (χ4v) is 4.10. The second-order valence-electron chi connectivity index (χ2n) is 6.79. The lowest BCUT2D eigenvalue weighted by atomic mass is 10.0. The maximum Gasteiger partial charge on any atom is 0.274 e. The predicted molar refractivity (Wildman–Crippen MR) is 113 cm³/mol. The van der Waals surface area contributed by atoms with Crippen LogP contribution in [-0.2, 0) is 4.79 Å². The number of para-hydroxylation sites is 1. The molecule has 4 rings (SSSR count). The second kappa shape index (κ2) is 8.45. The first-order valence-corrected chi connectivity index (χ1v) is 10.3. The van der Waals surface area contributed by atoms with Crippen molar-refractivity contribution in [2.24, 2.45) is 0 Å². The van der Waals surface area contributed by atoms with Gasteiger partial charge in [0, 0.05) is 23.2 Å². The van der Waals surface area contributed by atoms with Crippen LogP contribution < -0.4 is 10.1 Å². The van der Waals surface area contributed by atoms with Gasteiger partial charge in [0.1, 0.15) is 17.5 Å². The number of methoxy groups -OCH3 is 1. The molecule has 0 spiro atoms. The molecule has 1 aromatic heterocycles. The van der Waals surface area contributed by atoms with Gasteiger partial charge in [-0.15, -0.1) is 11.3 Å². The Morgan fingerprint density at radius 3 is 2.69 bits per heavy atom. The Morgan fingerprint density at radius 2 is 1.97 bits per heavy atom. The first-order chi connectivity index (χ1) is 14.2. The number of aromatic nitrogens is 1. The molecule has 0 saturated carbocycles. The number of likely N-dealkylation sites (tertiary alicyclic amines) is 1. The van der Waals surface area contributed by atoms with Crippen LogP contribution in [0.4, 0.5) is 5.69 Å². The number of anilines is 1. The number of ether oxygens (including phenoxy) is 1. The lowest BCUT2D eigenvalue weighted by molar-refractivity contribution is -0.119. The summed E-state index contributed by atoms with van der Waals surface area (Å²) in [6, 6.07) is 14.8. The van der Waals surface area contributed by atoms with Gasteiger partial charge in [0.15, 0.2) is 0 Å². The van der Waals surface area contributed by atoms with E-state index < -0.39 is 6.04 Å². The molecule has 29 heavy (non-hydrogen) atoms. The molecule has 7 heteroatoms. The van der Waals surface area contributed by atoms with Crippen molar-refractivity contribution in [3.63, 3.8) is 0 Å². The summed E-state index contributed by atoms with van der Waals surface area (Å²) in [5.41, 5.74) is 4.63. The molecule has 0 radical (unpaired) electrons. The van der Waals surface area contributed by atoms with Crippen molar-refractivity contribution in [3.8, 4) is 16.9 Å². The highest BCUT2D eigenvalue weighted by molar-refractivity contribution is 7.07. The van der Waals surface area contributed by atoms with Crippen molar-refractivity contribution in [1.82, 2.24) is 9.88 Å². The molecule has 1 fully saturated rings. The molecule has 3 aromatic rings. The number of thiazole rings is 1. The van der Waals surface area contributed by atoms with Crippen LogP contribution in [0.25, 0.3) is 11.1 Å². The zero-order valence-electron chi connectivity index (χ0n) is 16.0. The van der Waals surface area contributed by atoms with Gasteiger partial charge in [-0.05, 0) is 36.6 Å². The Morgan fingerprint density at radius 1 is 1.17 bits per heavy atom. The topological polar surface area (TPSA) is 71.5 Å². The van der Waals surface area contributed by atoms with E-state index in [-0.39, 0.29) is 11.8 Å². The van der Waals surface area contributed by atoms with Crippen molar-refractivity contribution in [2.45, 2.75) is 18.9 Å². The zero-order chi connectivity index (χ0) is 20.2. The lowest BCUT2D eigenvalue weighted by Gasteiger charge is -2.23. The van der Waals surface area contributed by atoms with Crippen LogP contribution in [0.3, 0.4) is 0 Å². The second-order valence-corrected chi connectivity index (χ2v) is 7.51. The summed E-state index contributed by atoms with van der Waals surface area (Å²) in [5.74, 6) is 0.414. The van der Waals surface area contributed by atoms with Gasteiger partial charge in [0.05, 0.1) is 12.6 Å². The molecule has 1 unspecified atom stereocenters. The third-order valence-corrected chi connectivity index (χ3v) is 5.64. The van der Waals surface area contributed by atoms with Crippen molar-refractivity contribution in [3.05, 3.63) is 65.1 Å². The molecule has 1 saturated heterocycles. The van der Waals surface area contributed by atoms with Gasteiger partial charge in [0.2, 0.25) is 5.91 Å². The molecule has 6 nitrogen and oxygen atoms in total. The number of hydrogen-bond acceptors (Lipinski definition) is 5. The maximum absolute atomic E-state index is 13.0. The smallest absolute Gasteiger partial charge is 0.274 e. The molecule has 2 heterocycles. The van der Waals surface area contributed by atoms with E-state index in [1.54, 1.807) is 22.9 Å². The number of rotatable bonds is 5. The largest absolute Gasteiger partial charge is 0.497 e. The molecule has 1 aliphatic rings. The van der Waals surface area contributed by atoms with Crippen molar-refractivity contribution in [1.29, 1.82) is 0 Å². The van der Waals surface area contributed by atoms with Gasteiger partial charge in [-0.3, -0.25) is 9.59 Å². The lowest BCUT2D eigenvalue weighted by Crippen LogP contribution is -2.43. The predicted octanol–water partition coefficient (Wildman–Crippen LogP) is 4.06. The van der Waals surface area contributed by atoms with E-state index in [1.807, 2.05) is 48.5 Å². The van der Waals surface area contributed by atoms with E-state index >= 15 is 0 Å². The molecule has 1 N–H and O–H groups in total. The Hall–Kier alpha value is -3.19. The third-order valence-electron chi connectivity index (χ3n) is 5.05. The molecular weight excluding hydrogens is 386 g/mol. The van der Waals surface area contributed by atoms with Crippen molar-refractivity contribution in [2.75, 3.05) is 19.0 Å². The molecule has 148 valence electrons. The number of carbonyl (C=O) groups excluding carboxylic acids is 2. The molecule has 0 aliphatic carbocycles. The molecular formula is C22H21N3O3S. The van der Waals surface area contributed by atoms with Crippen molar-refractivity contribution >= 4 is 28.8 Å². The van der Waals surface area contributed by atoms with Gasteiger partial charge in [-0.1, -0.05) is 30.3 Å². The summed E-state index contributed by atoms with van der Waals surface area (Å²) < 4.78 is 5.22. The number of carbonyl (C=O) groups is 2. The standard InChI is InChI=1S/C22H21N3O3S/c1-28-16-10-8-15(9-11-16)17-5-2-3-6-18(17)24-21(26)20-7-4-12-25(20)22(27)19-13-29-14-23-19/h2-3,5-6,8-11,13-14,20H,4,7,12H2,1H3,(H,24,26). The molecule has 0 bridgehead atoms. The highest BCUT2D eigenvalue weighted by Gasteiger charge is 2.35. The third kappa shape index (κ3) is 4.00. The Labute approximate surface area is 173 Å². The van der Waals surface area contributed by atoms with E-state index in [2.05, 4.69) is 10.3 Å². The first kappa shape index (κ1) is 19.1. The minimum Gasteiger partial charge on any atom is -0.497 e. The highest BCUT2D eigenvalue weighted by Crippen LogP contribution is 2.30. The van der Waals surface area contributed by atoms with E-state index in [1.165, 1.54) is 11.3 Å². The van der Waals surface area contributed by atoms with Crippen LogP contribution in [0.1, 0.15) is 23.3 Å². The van der Waals surface area contributed by atoms with Gasteiger partial charge >= 0.3 is 0 Å². The fraction of sp³-hybridized carbons (Fsp3) is 0.227. The molecule has 1 aliphatic heterocycles. The number of nitrogens with zero attached hydrogens (tertiary/aromatic N) is 2. The van der Waals surface area contributed by atoms with Crippen LogP contribution in [-0.4, -0.2) is 41.4 Å². The number of amides is 2. The van der Waals surface area contributed by atoms with Crippen LogP contribution >= 0.6 is 11.3 Å². The van der Waals surface area contributed by atoms with Gasteiger partial charge in [-0.25, -0.2) is 4.98 Å². The van der Waals surface area contributed by atoms with E-state index in [0.717, 1.165) is 29.0 Å². The van der Waals surface area contributed by atoms with Crippen LogP contribution in [0.15, 0.2) is 59.4 Å². The minimum atomic E-state index is -0.492. The Balaban J connectivity index is 1.54. The van der Waals surface area contributed by atoms with Crippen LogP contribution in [0.5, 0.6) is 5.75 Å². The first-order valence-electron chi connectivity index (χ1n) is 9.41. The zero-order valence-corrected chi connectivity index (χ0v) is 16.8. The van der Waals surface area contributed by atoms with E-state index in [4.69, 9.17) is 4.74 Å². The van der Waals surface area contributed by atoms with Crippen LogP contribution in [0.2, 0.25) is 0 Å². The van der Waals surface area contributed by atoms with Crippen molar-refractivity contribution < 1.29 is 14.3 Å². The maximum atomic E-state index is 13.0. The monoisotopic (exact) mass is 407 g/mol. The molecule has 1 atom stereocenters. The Kier molecular flexibility index (Phi) is 5.57. The average molecular weight is 407 g/mol. The Bertz CT molecular complexity index is 1000. The quantitative estimate of drug-likeness (QED) is 0.692. The number of nitrogens with one attached hydrogen (secondary N) is 1. The van der Waals surface area contributed by atoms with E-state index in [0.29, 0.717) is 18.7 Å². The van der Waals surface area contributed by atoms with Gasteiger partial charge < -0.3 is 15.0 Å². The minimum absolute atomic E-state index is 0.174. The van der Waals surface area contributed by atoms with E-state index in [9.17, 15) is 9.59 Å². The SMILES string of the molecule is COc1ccc(-c2ccccc2NC(=O)C2CCCN2C(=O)c2cscn2)cc1.